The van der Waals surface area contributed by atoms with Gasteiger partial charge in [0.2, 0.25) is 0 Å². The van der Waals surface area contributed by atoms with Gasteiger partial charge in [0.25, 0.3) is 0 Å². The average molecular weight is 286 g/mol. The number of hydrogen-bond donors (Lipinski definition) is 0. The molecule has 0 aromatic rings. The third-order valence-electron chi connectivity index (χ3n) is 4.68. The van der Waals surface area contributed by atoms with E-state index in [-0.39, 0.29) is 5.41 Å². The summed E-state index contributed by atoms with van der Waals surface area (Å²) in [5, 5.41) is 0. The number of hydrogen-bond acceptors (Lipinski definition) is 1. The molecule has 0 amide bonds. The predicted molar refractivity (Wildman–Crippen MR) is 90.2 cm³/mol. The molecule has 21 heavy (non-hydrogen) atoms. The molecule has 0 heterocycles. The minimum absolute atomic E-state index is 0.119. The lowest BCUT2D eigenvalue weighted by Crippen LogP contribution is -2.26. The van der Waals surface area contributed by atoms with Crippen molar-refractivity contribution in [2.45, 2.75) is 73.1 Å². The molecule has 1 heteroatoms. The van der Waals surface area contributed by atoms with Crippen LogP contribution >= 0.6 is 0 Å². The zero-order valence-corrected chi connectivity index (χ0v) is 14.4. The van der Waals surface area contributed by atoms with Crippen LogP contribution in [0.2, 0.25) is 0 Å². The smallest absolute Gasteiger partial charge is 0.163 e. The molecule has 0 saturated heterocycles. The van der Waals surface area contributed by atoms with Gasteiger partial charge in [0.1, 0.15) is 0 Å². The summed E-state index contributed by atoms with van der Waals surface area (Å²) in [6, 6.07) is 0. The molecular formula is C20H30O. The van der Waals surface area contributed by atoms with Crippen LogP contribution in [-0.4, -0.2) is 5.78 Å². The van der Waals surface area contributed by atoms with Gasteiger partial charge in [0.05, 0.1) is 0 Å². The number of allylic oxidation sites excluding steroid dienone is 5. The van der Waals surface area contributed by atoms with Gasteiger partial charge in [0, 0.05) is 12.0 Å². The van der Waals surface area contributed by atoms with Gasteiger partial charge in [-0.05, 0) is 62.0 Å². The summed E-state index contributed by atoms with van der Waals surface area (Å²) in [5.74, 6) is 0.971. The highest BCUT2D eigenvalue weighted by atomic mass is 16.1. The van der Waals surface area contributed by atoms with E-state index in [1.807, 2.05) is 0 Å². The first-order valence-corrected chi connectivity index (χ1v) is 8.39. The highest BCUT2D eigenvalue weighted by Crippen LogP contribution is 2.48. The van der Waals surface area contributed by atoms with Gasteiger partial charge < -0.3 is 0 Å². The Labute approximate surface area is 130 Å². The number of Topliss-reactive ketones (excluding diaryl/α,β-unsaturated/α-hetero) is 1. The Morgan fingerprint density at radius 3 is 2.33 bits per heavy atom. The molecule has 0 aliphatic heterocycles. The highest BCUT2D eigenvalue weighted by Gasteiger charge is 2.38. The highest BCUT2D eigenvalue weighted by molar-refractivity contribution is 6.02. The molecule has 0 unspecified atom stereocenters. The van der Waals surface area contributed by atoms with Gasteiger partial charge in [-0.15, -0.1) is 0 Å². The number of ketones is 1. The van der Waals surface area contributed by atoms with Crippen molar-refractivity contribution in [2.75, 3.05) is 0 Å². The Morgan fingerprint density at radius 1 is 1.29 bits per heavy atom. The third kappa shape index (κ3) is 3.56. The fourth-order valence-electron chi connectivity index (χ4n) is 3.81. The van der Waals surface area contributed by atoms with E-state index in [9.17, 15) is 4.79 Å². The second kappa shape index (κ2) is 5.94. The quantitative estimate of drug-likeness (QED) is 0.586. The van der Waals surface area contributed by atoms with Crippen LogP contribution in [0, 0.1) is 11.3 Å². The topological polar surface area (TPSA) is 17.1 Å². The molecule has 1 nitrogen and oxygen atoms in total. The maximum Gasteiger partial charge on any atom is 0.163 e. The molecule has 2 aliphatic rings. The SMILES string of the molecule is C=C(C)/C(CCC)=C(\C1=C(C)CC(C)(C)CC1=O)C1CC1. The number of carbonyl (C=O) groups excluding carboxylic acids is 1. The fraction of sp³-hybridized carbons (Fsp3) is 0.650. The molecule has 2 rings (SSSR count). The number of rotatable bonds is 5. The van der Waals surface area contributed by atoms with E-state index < -0.39 is 0 Å². The molecule has 1 fully saturated rings. The van der Waals surface area contributed by atoms with E-state index in [0.717, 1.165) is 30.4 Å². The molecule has 0 atom stereocenters. The van der Waals surface area contributed by atoms with Gasteiger partial charge in [-0.3, -0.25) is 4.79 Å². The number of carbonyl (C=O) groups is 1. The van der Waals surface area contributed by atoms with Crippen molar-refractivity contribution in [1.82, 2.24) is 0 Å². The van der Waals surface area contributed by atoms with Crippen LogP contribution in [-0.2, 0) is 4.79 Å². The third-order valence-corrected chi connectivity index (χ3v) is 4.68. The Bertz CT molecular complexity index is 524. The Kier molecular flexibility index (Phi) is 4.60. The molecule has 0 bridgehead atoms. The van der Waals surface area contributed by atoms with E-state index in [1.165, 1.54) is 29.6 Å². The molecule has 2 aliphatic carbocycles. The minimum atomic E-state index is 0.119. The molecular weight excluding hydrogens is 256 g/mol. The van der Waals surface area contributed by atoms with E-state index >= 15 is 0 Å². The van der Waals surface area contributed by atoms with E-state index in [2.05, 4.69) is 41.2 Å². The zero-order valence-electron chi connectivity index (χ0n) is 14.4. The van der Waals surface area contributed by atoms with Crippen molar-refractivity contribution in [2.24, 2.45) is 11.3 Å². The lowest BCUT2D eigenvalue weighted by molar-refractivity contribution is -0.117. The monoisotopic (exact) mass is 286 g/mol. The summed E-state index contributed by atoms with van der Waals surface area (Å²) < 4.78 is 0. The van der Waals surface area contributed by atoms with Crippen molar-refractivity contribution in [3.8, 4) is 0 Å². The first-order valence-electron chi connectivity index (χ1n) is 8.39. The summed E-state index contributed by atoms with van der Waals surface area (Å²) in [6.07, 6.45) is 6.37. The average Bonchev–Trinajstić information content (AvgIpc) is 3.13. The summed E-state index contributed by atoms with van der Waals surface area (Å²) >= 11 is 0. The maximum atomic E-state index is 12.8. The fourth-order valence-corrected chi connectivity index (χ4v) is 3.81. The second-order valence-corrected chi connectivity index (χ2v) is 7.79. The van der Waals surface area contributed by atoms with Crippen LogP contribution in [0.25, 0.3) is 0 Å². The predicted octanol–water partition coefficient (Wildman–Crippen LogP) is 5.77. The maximum absolute atomic E-state index is 12.8. The molecule has 0 N–H and O–H groups in total. The lowest BCUT2D eigenvalue weighted by atomic mass is 9.71. The normalized spacial score (nSPS) is 23.2. The lowest BCUT2D eigenvalue weighted by Gasteiger charge is -2.33. The summed E-state index contributed by atoms with van der Waals surface area (Å²) in [5.41, 5.74) is 6.37. The molecule has 0 spiro atoms. The van der Waals surface area contributed by atoms with Crippen LogP contribution in [0.1, 0.15) is 73.1 Å². The minimum Gasteiger partial charge on any atom is -0.294 e. The molecule has 1 saturated carbocycles. The van der Waals surface area contributed by atoms with Crippen LogP contribution in [0.15, 0.2) is 34.4 Å². The Morgan fingerprint density at radius 2 is 1.90 bits per heavy atom. The van der Waals surface area contributed by atoms with Gasteiger partial charge in [0.15, 0.2) is 5.78 Å². The van der Waals surface area contributed by atoms with Gasteiger partial charge in [-0.25, -0.2) is 0 Å². The van der Waals surface area contributed by atoms with Gasteiger partial charge in [-0.1, -0.05) is 44.9 Å². The molecule has 0 aromatic carbocycles. The second-order valence-electron chi connectivity index (χ2n) is 7.79. The summed E-state index contributed by atoms with van der Waals surface area (Å²) in [4.78, 5) is 12.8. The molecule has 116 valence electrons. The summed E-state index contributed by atoms with van der Waals surface area (Å²) in [7, 11) is 0. The largest absolute Gasteiger partial charge is 0.294 e. The zero-order chi connectivity index (χ0) is 15.8. The van der Waals surface area contributed by atoms with E-state index in [0.29, 0.717) is 18.1 Å². The standard InChI is InChI=1S/C20H30O/c1-7-8-16(13(2)3)19(15-9-10-15)18-14(4)11-20(5,6)12-17(18)21/h15H,2,7-12H2,1,3-6H3/b19-16-. The van der Waals surface area contributed by atoms with Crippen LogP contribution in [0.3, 0.4) is 0 Å². The van der Waals surface area contributed by atoms with Crippen LogP contribution in [0.4, 0.5) is 0 Å². The molecule has 0 aromatic heterocycles. The van der Waals surface area contributed by atoms with Crippen molar-refractivity contribution in [3.63, 3.8) is 0 Å². The first-order chi connectivity index (χ1) is 9.76. The summed E-state index contributed by atoms with van der Waals surface area (Å²) in [6.45, 7) is 15.1. The van der Waals surface area contributed by atoms with Gasteiger partial charge in [-0.2, -0.15) is 0 Å². The van der Waals surface area contributed by atoms with Crippen molar-refractivity contribution in [3.05, 3.63) is 34.4 Å². The molecule has 0 radical (unpaired) electrons. The van der Waals surface area contributed by atoms with E-state index in [1.54, 1.807) is 0 Å². The van der Waals surface area contributed by atoms with Crippen LogP contribution in [0.5, 0.6) is 0 Å². The van der Waals surface area contributed by atoms with E-state index in [4.69, 9.17) is 0 Å². The van der Waals surface area contributed by atoms with Crippen molar-refractivity contribution >= 4 is 5.78 Å². The Hall–Kier alpha value is -1.11. The Balaban J connectivity index is 2.55. The van der Waals surface area contributed by atoms with Gasteiger partial charge >= 0.3 is 0 Å². The van der Waals surface area contributed by atoms with Crippen LogP contribution < -0.4 is 0 Å². The van der Waals surface area contributed by atoms with Crippen molar-refractivity contribution in [1.29, 1.82) is 0 Å². The first kappa shape index (κ1) is 16.3. The van der Waals surface area contributed by atoms with Crippen molar-refractivity contribution < 1.29 is 4.79 Å².